The molecule has 0 unspecified atom stereocenters. The third-order valence-electron chi connectivity index (χ3n) is 4.26. The predicted octanol–water partition coefficient (Wildman–Crippen LogP) is 3.61. The zero-order valence-electron chi connectivity index (χ0n) is 12.7. The minimum Gasteiger partial charge on any atom is -0.467 e. The first-order valence-electron chi connectivity index (χ1n) is 7.90. The first kappa shape index (κ1) is 15.1. The maximum atomic E-state index is 5.49. The Morgan fingerprint density at radius 2 is 1.91 bits per heavy atom. The highest BCUT2D eigenvalue weighted by Gasteiger charge is 2.21. The van der Waals surface area contributed by atoms with Crippen molar-refractivity contribution < 1.29 is 4.42 Å². The van der Waals surface area contributed by atoms with E-state index >= 15 is 0 Å². The second-order valence-electron chi connectivity index (χ2n) is 5.86. The summed E-state index contributed by atoms with van der Waals surface area (Å²) in [6, 6.07) is 14.6. The Morgan fingerprint density at radius 3 is 2.59 bits per heavy atom. The molecule has 116 valence electrons. The van der Waals surface area contributed by atoms with Crippen LogP contribution >= 0.6 is 12.2 Å². The average molecular weight is 314 g/mol. The number of nitrogens with zero attached hydrogens (tertiary/aromatic N) is 1. The molecule has 2 aromatic rings. The largest absolute Gasteiger partial charge is 0.467 e. The van der Waals surface area contributed by atoms with Gasteiger partial charge in [0.1, 0.15) is 5.76 Å². The molecule has 0 radical (unpaired) electrons. The summed E-state index contributed by atoms with van der Waals surface area (Å²) in [4.78, 5) is 2.28. The molecule has 1 saturated heterocycles. The molecule has 0 amide bonds. The molecule has 4 heteroatoms. The fourth-order valence-electron chi connectivity index (χ4n) is 2.98. The van der Waals surface area contributed by atoms with Crippen LogP contribution in [0.25, 0.3) is 0 Å². The van der Waals surface area contributed by atoms with Crippen molar-refractivity contribution >= 4 is 17.3 Å². The maximum Gasteiger partial charge on any atom is 0.169 e. The minimum absolute atomic E-state index is 0.662. The summed E-state index contributed by atoms with van der Waals surface area (Å²) in [5.41, 5.74) is 1.44. The molecule has 3 rings (SSSR count). The van der Waals surface area contributed by atoms with Crippen molar-refractivity contribution in [3.63, 3.8) is 0 Å². The van der Waals surface area contributed by atoms with E-state index in [1.165, 1.54) is 24.8 Å². The van der Waals surface area contributed by atoms with Crippen LogP contribution in [0, 0.1) is 5.92 Å². The molecule has 1 fully saturated rings. The zero-order chi connectivity index (χ0) is 15.2. The lowest BCUT2D eigenvalue weighted by molar-refractivity contribution is 0.262. The van der Waals surface area contributed by atoms with E-state index in [0.29, 0.717) is 6.54 Å². The van der Waals surface area contributed by atoms with E-state index < -0.39 is 0 Å². The number of nitrogens with one attached hydrogen (secondary N) is 1. The maximum absolute atomic E-state index is 5.49. The lowest BCUT2D eigenvalue weighted by Gasteiger charge is -2.33. The molecule has 22 heavy (non-hydrogen) atoms. The summed E-state index contributed by atoms with van der Waals surface area (Å²) in [6.07, 6.45) is 5.28. The van der Waals surface area contributed by atoms with Crippen molar-refractivity contribution in [2.45, 2.75) is 25.8 Å². The van der Waals surface area contributed by atoms with Crippen molar-refractivity contribution in [1.29, 1.82) is 0 Å². The lowest BCUT2D eigenvalue weighted by atomic mass is 9.90. The second kappa shape index (κ2) is 7.45. The van der Waals surface area contributed by atoms with E-state index in [-0.39, 0.29) is 0 Å². The number of furan rings is 1. The third-order valence-corrected chi connectivity index (χ3v) is 4.67. The first-order chi connectivity index (χ1) is 10.8. The molecule has 1 aliphatic heterocycles. The van der Waals surface area contributed by atoms with Gasteiger partial charge >= 0.3 is 0 Å². The van der Waals surface area contributed by atoms with E-state index in [1.807, 2.05) is 12.1 Å². The second-order valence-corrected chi connectivity index (χ2v) is 6.24. The van der Waals surface area contributed by atoms with Gasteiger partial charge in [-0.25, -0.2) is 0 Å². The van der Waals surface area contributed by atoms with Gasteiger partial charge in [-0.1, -0.05) is 30.3 Å². The highest BCUT2D eigenvalue weighted by atomic mass is 32.1. The van der Waals surface area contributed by atoms with Crippen LogP contribution in [0.4, 0.5) is 0 Å². The molecule has 1 N–H and O–H groups in total. The number of piperidine rings is 1. The summed E-state index contributed by atoms with van der Waals surface area (Å²) < 4.78 is 5.31. The van der Waals surface area contributed by atoms with Crippen LogP contribution in [0.2, 0.25) is 0 Å². The normalized spacial score (nSPS) is 15.7. The third kappa shape index (κ3) is 4.10. The van der Waals surface area contributed by atoms with Gasteiger partial charge in [0.25, 0.3) is 0 Å². The molecule has 2 heterocycles. The van der Waals surface area contributed by atoms with E-state index in [0.717, 1.165) is 29.9 Å². The van der Waals surface area contributed by atoms with Crippen molar-refractivity contribution in [3.8, 4) is 0 Å². The van der Waals surface area contributed by atoms with Gasteiger partial charge in [0, 0.05) is 13.1 Å². The van der Waals surface area contributed by atoms with Crippen LogP contribution in [0.1, 0.15) is 24.2 Å². The van der Waals surface area contributed by atoms with Gasteiger partial charge in [-0.2, -0.15) is 0 Å². The van der Waals surface area contributed by atoms with E-state index in [9.17, 15) is 0 Å². The quantitative estimate of drug-likeness (QED) is 0.873. The highest BCUT2D eigenvalue weighted by Crippen LogP contribution is 2.21. The topological polar surface area (TPSA) is 28.4 Å². The summed E-state index contributed by atoms with van der Waals surface area (Å²) >= 11 is 5.49. The molecule has 1 aliphatic rings. The van der Waals surface area contributed by atoms with Gasteiger partial charge in [0.15, 0.2) is 5.11 Å². The standard InChI is InChI=1S/C18H22N2OS/c22-18(19-14-17-7-4-12-21-17)20-10-8-16(9-11-20)13-15-5-2-1-3-6-15/h1-7,12,16H,8-11,13-14H2,(H,19,22). The van der Waals surface area contributed by atoms with Gasteiger partial charge in [-0.15, -0.1) is 0 Å². The average Bonchev–Trinajstić information content (AvgIpc) is 3.08. The van der Waals surface area contributed by atoms with Crippen LogP contribution in [0.15, 0.2) is 53.1 Å². The van der Waals surface area contributed by atoms with Crippen molar-refractivity contribution in [3.05, 3.63) is 60.1 Å². The summed E-state index contributed by atoms with van der Waals surface area (Å²) in [5.74, 6) is 1.69. The number of benzene rings is 1. The van der Waals surface area contributed by atoms with Gasteiger partial charge in [-0.3, -0.25) is 0 Å². The molecule has 0 bridgehead atoms. The van der Waals surface area contributed by atoms with Crippen LogP contribution in [0.3, 0.4) is 0 Å². The first-order valence-corrected chi connectivity index (χ1v) is 8.31. The number of hydrogen-bond donors (Lipinski definition) is 1. The van der Waals surface area contributed by atoms with Crippen molar-refractivity contribution in [2.75, 3.05) is 13.1 Å². The molecule has 3 nitrogen and oxygen atoms in total. The fraction of sp³-hybridized carbons (Fsp3) is 0.389. The Hall–Kier alpha value is -1.81. The molecule has 1 aromatic carbocycles. The Balaban J connectivity index is 1.42. The molecule has 0 spiro atoms. The summed E-state index contributed by atoms with van der Waals surface area (Å²) in [5, 5.41) is 4.13. The molecule has 0 atom stereocenters. The number of thiocarbonyl (C=S) groups is 1. The van der Waals surface area contributed by atoms with Crippen molar-refractivity contribution in [1.82, 2.24) is 10.2 Å². The van der Waals surface area contributed by atoms with Gasteiger partial charge < -0.3 is 14.6 Å². The Bertz CT molecular complexity index is 574. The smallest absolute Gasteiger partial charge is 0.169 e. The van der Waals surface area contributed by atoms with E-state index in [4.69, 9.17) is 16.6 Å². The number of rotatable bonds is 4. The monoisotopic (exact) mass is 314 g/mol. The Kier molecular flexibility index (Phi) is 5.11. The van der Waals surface area contributed by atoms with Crippen LogP contribution in [-0.4, -0.2) is 23.1 Å². The Labute approximate surface area is 137 Å². The van der Waals surface area contributed by atoms with Crippen LogP contribution < -0.4 is 5.32 Å². The number of hydrogen-bond acceptors (Lipinski definition) is 2. The summed E-state index contributed by atoms with van der Waals surface area (Å²) in [7, 11) is 0. The zero-order valence-corrected chi connectivity index (χ0v) is 13.5. The Morgan fingerprint density at radius 1 is 1.14 bits per heavy atom. The SMILES string of the molecule is S=C(NCc1ccco1)N1CCC(Cc2ccccc2)CC1. The van der Waals surface area contributed by atoms with Crippen molar-refractivity contribution in [2.24, 2.45) is 5.92 Å². The molecule has 0 aliphatic carbocycles. The fourth-order valence-corrected chi connectivity index (χ4v) is 3.23. The lowest BCUT2D eigenvalue weighted by Crippen LogP contribution is -2.44. The minimum atomic E-state index is 0.662. The van der Waals surface area contributed by atoms with Crippen LogP contribution in [-0.2, 0) is 13.0 Å². The molecular weight excluding hydrogens is 292 g/mol. The summed E-state index contributed by atoms with van der Waals surface area (Å²) in [6.45, 7) is 2.75. The van der Waals surface area contributed by atoms with E-state index in [1.54, 1.807) is 6.26 Å². The molecule has 1 aromatic heterocycles. The van der Waals surface area contributed by atoms with Gasteiger partial charge in [0.2, 0.25) is 0 Å². The van der Waals surface area contributed by atoms with Gasteiger partial charge in [0.05, 0.1) is 12.8 Å². The number of likely N-dealkylation sites (tertiary alicyclic amines) is 1. The van der Waals surface area contributed by atoms with Gasteiger partial charge in [-0.05, 0) is 55.1 Å². The highest BCUT2D eigenvalue weighted by molar-refractivity contribution is 7.80. The predicted molar refractivity (Wildman–Crippen MR) is 92.6 cm³/mol. The van der Waals surface area contributed by atoms with E-state index in [2.05, 4.69) is 40.5 Å². The molecular formula is C18H22N2OS. The molecule has 0 saturated carbocycles. The van der Waals surface area contributed by atoms with Crippen LogP contribution in [0.5, 0.6) is 0 Å².